The molecule has 0 aliphatic carbocycles. The molecule has 2 aromatic carbocycles. The number of thiophene rings is 1. The van der Waals surface area contributed by atoms with E-state index in [9.17, 15) is 24.3 Å². The fourth-order valence-corrected chi connectivity index (χ4v) is 5.09. The third kappa shape index (κ3) is 8.36. The molecule has 0 aliphatic rings. The molecule has 11 heteroatoms. The standard InChI is InChI=1S/C26H27N3O6S2/c1-16(30)27-12-13-36-25(33)21(14-17-6-4-3-5-7-17)29-26(34)28-20-15-22(37-23(20)24(31)32)18-8-10-19(35-2)11-9-18/h3-11,15,21H,12-14H2,1-2H3,(H,27,30)(H,31,32)(H2,28,29,34)/t21-/m0/s1. The summed E-state index contributed by atoms with van der Waals surface area (Å²) in [6.07, 6.45) is 0.257. The Kier molecular flexibility index (Phi) is 10.1. The number of anilines is 1. The Morgan fingerprint density at radius 1 is 1.05 bits per heavy atom. The number of carbonyl (C=O) groups is 4. The van der Waals surface area contributed by atoms with Gasteiger partial charge in [0.15, 0.2) is 0 Å². The van der Waals surface area contributed by atoms with E-state index in [-0.39, 0.29) is 28.0 Å². The van der Waals surface area contributed by atoms with Crippen molar-refractivity contribution in [2.45, 2.75) is 19.4 Å². The van der Waals surface area contributed by atoms with Crippen LogP contribution in [0, 0.1) is 0 Å². The van der Waals surface area contributed by atoms with Crippen LogP contribution >= 0.6 is 23.1 Å². The summed E-state index contributed by atoms with van der Waals surface area (Å²) in [5.41, 5.74) is 1.76. The molecule has 3 aromatic rings. The summed E-state index contributed by atoms with van der Waals surface area (Å²) in [5, 5.41) is 17.3. The summed E-state index contributed by atoms with van der Waals surface area (Å²) in [7, 11) is 1.56. The summed E-state index contributed by atoms with van der Waals surface area (Å²) >= 11 is 2.04. The predicted octanol–water partition coefficient (Wildman–Crippen LogP) is 4.25. The Morgan fingerprint density at radius 3 is 2.38 bits per heavy atom. The van der Waals surface area contributed by atoms with E-state index in [4.69, 9.17) is 4.74 Å². The first-order valence-corrected chi connectivity index (χ1v) is 13.1. The van der Waals surface area contributed by atoms with Gasteiger partial charge in [-0.25, -0.2) is 9.59 Å². The van der Waals surface area contributed by atoms with E-state index in [1.54, 1.807) is 37.4 Å². The minimum atomic E-state index is -1.18. The Morgan fingerprint density at radius 2 is 1.76 bits per heavy atom. The number of carboxylic acid groups (broad SMARTS) is 1. The molecule has 0 fully saturated rings. The van der Waals surface area contributed by atoms with Gasteiger partial charge in [-0.05, 0) is 41.5 Å². The number of nitrogens with one attached hydrogen (secondary N) is 3. The first-order chi connectivity index (χ1) is 17.8. The fourth-order valence-electron chi connectivity index (χ4n) is 3.38. The summed E-state index contributed by atoms with van der Waals surface area (Å²) in [6.45, 7) is 1.72. The summed E-state index contributed by atoms with van der Waals surface area (Å²) < 4.78 is 5.16. The van der Waals surface area contributed by atoms with Gasteiger partial charge in [0.2, 0.25) is 11.0 Å². The van der Waals surface area contributed by atoms with E-state index in [0.717, 1.165) is 34.2 Å². The number of amides is 3. The molecule has 37 heavy (non-hydrogen) atoms. The Labute approximate surface area is 222 Å². The minimum absolute atomic E-state index is 0.0309. The van der Waals surface area contributed by atoms with Crippen molar-refractivity contribution >= 4 is 51.8 Å². The zero-order valence-corrected chi connectivity index (χ0v) is 21.9. The van der Waals surface area contributed by atoms with E-state index in [1.165, 1.54) is 6.92 Å². The van der Waals surface area contributed by atoms with Crippen LogP contribution in [0.4, 0.5) is 10.5 Å². The lowest BCUT2D eigenvalue weighted by Gasteiger charge is -2.18. The number of urea groups is 1. The molecule has 0 saturated heterocycles. The molecule has 4 N–H and O–H groups in total. The van der Waals surface area contributed by atoms with Crippen molar-refractivity contribution in [1.29, 1.82) is 0 Å². The van der Waals surface area contributed by atoms with Gasteiger partial charge in [0, 0.05) is 30.5 Å². The minimum Gasteiger partial charge on any atom is -0.497 e. The quantitative estimate of drug-likeness (QED) is 0.267. The van der Waals surface area contributed by atoms with Crippen molar-refractivity contribution in [3.8, 4) is 16.2 Å². The molecule has 194 valence electrons. The number of rotatable bonds is 11. The van der Waals surface area contributed by atoms with Crippen LogP contribution in [0.5, 0.6) is 5.75 Å². The second-order valence-electron chi connectivity index (χ2n) is 7.88. The monoisotopic (exact) mass is 541 g/mol. The van der Waals surface area contributed by atoms with Gasteiger partial charge in [0.25, 0.3) is 0 Å². The Balaban J connectivity index is 1.74. The Hall–Kier alpha value is -3.83. The first kappa shape index (κ1) is 27.8. The van der Waals surface area contributed by atoms with Gasteiger partial charge in [0.1, 0.15) is 16.7 Å². The van der Waals surface area contributed by atoms with Gasteiger partial charge in [-0.1, -0.05) is 42.1 Å². The molecule has 0 radical (unpaired) electrons. The van der Waals surface area contributed by atoms with Crippen molar-refractivity contribution < 1.29 is 29.0 Å². The molecule has 1 heterocycles. The number of hydrogen-bond acceptors (Lipinski definition) is 7. The van der Waals surface area contributed by atoms with Gasteiger partial charge in [0.05, 0.1) is 12.8 Å². The number of ether oxygens (including phenoxy) is 1. The van der Waals surface area contributed by atoms with Gasteiger partial charge in [-0.3, -0.25) is 9.59 Å². The molecule has 1 atom stereocenters. The molecular formula is C26H27N3O6S2. The number of benzene rings is 2. The molecule has 0 spiro atoms. The van der Waals surface area contributed by atoms with E-state index >= 15 is 0 Å². The van der Waals surface area contributed by atoms with Crippen molar-refractivity contribution in [3.63, 3.8) is 0 Å². The first-order valence-electron chi connectivity index (χ1n) is 11.3. The topological polar surface area (TPSA) is 134 Å². The van der Waals surface area contributed by atoms with Crippen LogP contribution in [-0.2, 0) is 16.0 Å². The maximum atomic E-state index is 12.9. The normalized spacial score (nSPS) is 11.3. The molecule has 0 saturated carbocycles. The van der Waals surface area contributed by atoms with E-state index in [0.29, 0.717) is 22.9 Å². The number of carboxylic acids is 1. The lowest BCUT2D eigenvalue weighted by atomic mass is 10.1. The van der Waals surface area contributed by atoms with Crippen LogP contribution in [0.3, 0.4) is 0 Å². The smallest absolute Gasteiger partial charge is 0.348 e. The predicted molar refractivity (Wildman–Crippen MR) is 146 cm³/mol. The summed E-state index contributed by atoms with van der Waals surface area (Å²) in [5.74, 6) is -0.345. The average Bonchev–Trinajstić information content (AvgIpc) is 3.30. The van der Waals surface area contributed by atoms with Gasteiger partial charge in [-0.2, -0.15) is 0 Å². The lowest BCUT2D eigenvalue weighted by Crippen LogP contribution is -2.43. The second-order valence-corrected chi connectivity index (χ2v) is 10.0. The highest BCUT2D eigenvalue weighted by molar-refractivity contribution is 8.13. The van der Waals surface area contributed by atoms with Crippen LogP contribution in [0.1, 0.15) is 22.2 Å². The van der Waals surface area contributed by atoms with Crippen molar-refractivity contribution in [2.24, 2.45) is 0 Å². The largest absolute Gasteiger partial charge is 0.497 e. The van der Waals surface area contributed by atoms with Gasteiger partial charge >= 0.3 is 12.0 Å². The number of methoxy groups -OCH3 is 1. The van der Waals surface area contributed by atoms with E-state index in [1.807, 2.05) is 30.3 Å². The number of hydrogen-bond donors (Lipinski definition) is 4. The van der Waals surface area contributed by atoms with E-state index in [2.05, 4.69) is 16.0 Å². The highest BCUT2D eigenvalue weighted by Gasteiger charge is 2.24. The molecule has 1 aromatic heterocycles. The zero-order chi connectivity index (χ0) is 26.8. The SMILES string of the molecule is COc1ccc(-c2cc(NC(=O)N[C@@H](Cc3ccccc3)C(=O)SCCNC(C)=O)c(C(=O)O)s2)cc1. The summed E-state index contributed by atoms with van der Waals surface area (Å²) in [6, 6.07) is 16.4. The summed E-state index contributed by atoms with van der Waals surface area (Å²) in [4.78, 5) is 49.3. The number of carbonyl (C=O) groups excluding carboxylic acids is 3. The van der Waals surface area contributed by atoms with Gasteiger partial charge < -0.3 is 25.8 Å². The lowest BCUT2D eigenvalue weighted by molar-refractivity contribution is -0.119. The molecule has 0 unspecified atom stereocenters. The van der Waals surface area contributed by atoms with Crippen LogP contribution in [0.15, 0.2) is 60.7 Å². The average molecular weight is 542 g/mol. The number of thioether (sulfide) groups is 1. The Bertz CT molecular complexity index is 1240. The maximum absolute atomic E-state index is 12.9. The highest BCUT2D eigenvalue weighted by Crippen LogP contribution is 2.35. The highest BCUT2D eigenvalue weighted by atomic mass is 32.2. The van der Waals surface area contributed by atoms with Gasteiger partial charge in [-0.15, -0.1) is 11.3 Å². The van der Waals surface area contributed by atoms with Crippen molar-refractivity contribution in [3.05, 3.63) is 71.1 Å². The second kappa shape index (κ2) is 13.5. The molecule has 0 aliphatic heterocycles. The molecular weight excluding hydrogens is 514 g/mol. The van der Waals surface area contributed by atoms with Crippen LogP contribution in [0.25, 0.3) is 10.4 Å². The van der Waals surface area contributed by atoms with E-state index < -0.39 is 18.0 Å². The molecule has 0 bridgehead atoms. The molecule has 9 nitrogen and oxygen atoms in total. The van der Waals surface area contributed by atoms with Crippen LogP contribution in [0.2, 0.25) is 0 Å². The van der Waals surface area contributed by atoms with Crippen molar-refractivity contribution in [2.75, 3.05) is 24.7 Å². The third-order valence-electron chi connectivity index (χ3n) is 5.14. The van der Waals surface area contributed by atoms with Crippen molar-refractivity contribution in [1.82, 2.24) is 10.6 Å². The van der Waals surface area contributed by atoms with Crippen LogP contribution in [-0.4, -0.2) is 53.6 Å². The number of aromatic carboxylic acids is 1. The zero-order valence-electron chi connectivity index (χ0n) is 20.3. The maximum Gasteiger partial charge on any atom is 0.348 e. The fraction of sp³-hybridized carbons (Fsp3) is 0.231. The molecule has 3 rings (SSSR count). The van der Waals surface area contributed by atoms with Crippen LogP contribution < -0.4 is 20.7 Å². The molecule has 3 amide bonds. The third-order valence-corrected chi connectivity index (χ3v) is 7.29.